The van der Waals surface area contributed by atoms with E-state index in [4.69, 9.17) is 18.9 Å². The monoisotopic (exact) mass is 399 g/mol. The van der Waals surface area contributed by atoms with E-state index in [0.29, 0.717) is 0 Å². The lowest BCUT2D eigenvalue weighted by Crippen LogP contribution is -2.51. The summed E-state index contributed by atoms with van der Waals surface area (Å²) in [7, 11) is 1.21. The van der Waals surface area contributed by atoms with E-state index in [9.17, 15) is 14.9 Å². The minimum absolute atomic E-state index is 0.107. The predicted octanol–water partition coefficient (Wildman–Crippen LogP) is 2.85. The summed E-state index contributed by atoms with van der Waals surface area (Å²) in [4.78, 5) is 23.2. The number of methoxy groups -OCH3 is 1. The SMILES string of the molecule is COC(=O)[C@H]1OC=C([N+](=O)[O-])[C@@H](OCc2ccccc2)[C@@H]1OCc1ccccc1. The third-order valence-corrected chi connectivity index (χ3v) is 4.43. The van der Waals surface area contributed by atoms with Crippen molar-refractivity contribution in [1.29, 1.82) is 0 Å². The smallest absolute Gasteiger partial charge is 0.349 e. The van der Waals surface area contributed by atoms with E-state index in [1.165, 1.54) is 7.11 Å². The van der Waals surface area contributed by atoms with Crippen molar-refractivity contribution in [1.82, 2.24) is 0 Å². The van der Waals surface area contributed by atoms with E-state index < -0.39 is 29.2 Å². The molecule has 8 nitrogen and oxygen atoms in total. The van der Waals surface area contributed by atoms with Crippen molar-refractivity contribution < 1.29 is 28.7 Å². The van der Waals surface area contributed by atoms with Crippen LogP contribution in [0.4, 0.5) is 0 Å². The van der Waals surface area contributed by atoms with Gasteiger partial charge in [-0.1, -0.05) is 60.7 Å². The number of nitrogens with zero attached hydrogens (tertiary/aromatic N) is 1. The van der Waals surface area contributed by atoms with Crippen LogP contribution in [0, 0.1) is 10.1 Å². The van der Waals surface area contributed by atoms with Crippen LogP contribution in [0.5, 0.6) is 0 Å². The quantitative estimate of drug-likeness (QED) is 0.382. The Morgan fingerprint density at radius 3 is 2.07 bits per heavy atom. The molecule has 0 unspecified atom stereocenters. The second kappa shape index (κ2) is 9.81. The fraction of sp³-hybridized carbons (Fsp3) is 0.286. The molecule has 0 aromatic heterocycles. The Morgan fingerprint density at radius 1 is 1.00 bits per heavy atom. The van der Waals surface area contributed by atoms with E-state index >= 15 is 0 Å². The molecule has 152 valence electrons. The van der Waals surface area contributed by atoms with Gasteiger partial charge in [0.1, 0.15) is 6.10 Å². The van der Waals surface area contributed by atoms with Gasteiger partial charge in [0.25, 0.3) is 0 Å². The highest BCUT2D eigenvalue weighted by atomic mass is 16.6. The Labute approximate surface area is 167 Å². The fourth-order valence-electron chi connectivity index (χ4n) is 2.95. The van der Waals surface area contributed by atoms with Gasteiger partial charge < -0.3 is 18.9 Å². The van der Waals surface area contributed by atoms with Gasteiger partial charge in [-0.05, 0) is 11.1 Å². The van der Waals surface area contributed by atoms with Crippen molar-refractivity contribution in [3.8, 4) is 0 Å². The van der Waals surface area contributed by atoms with Gasteiger partial charge in [-0.25, -0.2) is 4.79 Å². The first-order chi connectivity index (χ1) is 14.1. The summed E-state index contributed by atoms with van der Waals surface area (Å²) in [6.45, 7) is 0.230. The summed E-state index contributed by atoms with van der Waals surface area (Å²) in [6, 6.07) is 18.5. The van der Waals surface area contributed by atoms with Gasteiger partial charge in [0.2, 0.25) is 6.10 Å². The van der Waals surface area contributed by atoms with Gasteiger partial charge in [0.05, 0.1) is 25.2 Å². The summed E-state index contributed by atoms with van der Waals surface area (Å²) in [5.41, 5.74) is 1.35. The van der Waals surface area contributed by atoms with Crippen molar-refractivity contribution in [2.24, 2.45) is 0 Å². The maximum atomic E-state index is 12.2. The third kappa shape index (κ3) is 5.18. The average molecular weight is 399 g/mol. The molecule has 1 aliphatic rings. The zero-order valence-electron chi connectivity index (χ0n) is 15.8. The molecule has 8 heteroatoms. The normalized spacial score (nSPS) is 21.0. The Balaban J connectivity index is 1.84. The molecule has 0 saturated heterocycles. The second-order valence-corrected chi connectivity index (χ2v) is 6.36. The molecule has 29 heavy (non-hydrogen) atoms. The van der Waals surface area contributed by atoms with E-state index in [-0.39, 0.29) is 18.9 Å². The van der Waals surface area contributed by atoms with Crippen molar-refractivity contribution in [3.63, 3.8) is 0 Å². The molecule has 0 N–H and O–H groups in total. The predicted molar refractivity (Wildman–Crippen MR) is 102 cm³/mol. The minimum Gasteiger partial charge on any atom is -0.477 e. The lowest BCUT2D eigenvalue weighted by Gasteiger charge is -2.33. The first-order valence-electron chi connectivity index (χ1n) is 8.99. The number of benzene rings is 2. The van der Waals surface area contributed by atoms with E-state index in [1.54, 1.807) is 0 Å². The maximum absolute atomic E-state index is 12.2. The van der Waals surface area contributed by atoms with Crippen molar-refractivity contribution in [2.45, 2.75) is 31.5 Å². The molecule has 0 amide bonds. The summed E-state index contributed by atoms with van der Waals surface area (Å²) >= 11 is 0. The number of carbonyl (C=O) groups excluding carboxylic acids is 1. The Morgan fingerprint density at radius 2 is 1.55 bits per heavy atom. The number of hydrogen-bond acceptors (Lipinski definition) is 7. The number of nitro groups is 1. The van der Waals surface area contributed by atoms with Crippen LogP contribution in [-0.4, -0.2) is 36.3 Å². The van der Waals surface area contributed by atoms with Crippen LogP contribution >= 0.6 is 0 Å². The number of carbonyl (C=O) groups is 1. The van der Waals surface area contributed by atoms with E-state index in [1.807, 2.05) is 60.7 Å². The van der Waals surface area contributed by atoms with Crippen LogP contribution in [0.15, 0.2) is 72.6 Å². The van der Waals surface area contributed by atoms with Crippen LogP contribution < -0.4 is 0 Å². The average Bonchev–Trinajstić information content (AvgIpc) is 2.76. The second-order valence-electron chi connectivity index (χ2n) is 6.36. The highest BCUT2D eigenvalue weighted by Crippen LogP contribution is 2.27. The maximum Gasteiger partial charge on any atom is 0.349 e. The molecular formula is C21H21NO7. The number of hydrogen-bond donors (Lipinski definition) is 0. The van der Waals surface area contributed by atoms with Crippen molar-refractivity contribution >= 4 is 5.97 Å². The third-order valence-electron chi connectivity index (χ3n) is 4.43. The molecule has 0 spiro atoms. The molecule has 0 radical (unpaired) electrons. The van der Waals surface area contributed by atoms with Crippen LogP contribution in [-0.2, 0) is 37.0 Å². The molecule has 2 aromatic rings. The molecule has 3 atom stereocenters. The Hall–Kier alpha value is -3.23. The minimum atomic E-state index is -1.19. The summed E-state index contributed by atoms with van der Waals surface area (Å²) in [5.74, 6) is -0.699. The highest BCUT2D eigenvalue weighted by Gasteiger charge is 2.48. The molecule has 0 bridgehead atoms. The van der Waals surface area contributed by atoms with Crippen molar-refractivity contribution in [2.75, 3.05) is 7.11 Å². The highest BCUT2D eigenvalue weighted by molar-refractivity contribution is 5.76. The molecular weight excluding hydrogens is 378 g/mol. The Kier molecular flexibility index (Phi) is 6.94. The Bertz CT molecular complexity index is 854. The fourth-order valence-corrected chi connectivity index (χ4v) is 2.95. The van der Waals surface area contributed by atoms with E-state index in [2.05, 4.69) is 0 Å². The molecule has 2 aromatic carbocycles. The molecule has 0 aliphatic carbocycles. The van der Waals surface area contributed by atoms with Gasteiger partial charge in [0, 0.05) is 0 Å². The summed E-state index contributed by atoms with van der Waals surface area (Å²) < 4.78 is 21.8. The largest absolute Gasteiger partial charge is 0.477 e. The van der Waals surface area contributed by atoms with Crippen LogP contribution in [0.3, 0.4) is 0 Å². The number of esters is 1. The van der Waals surface area contributed by atoms with Crippen LogP contribution in [0.2, 0.25) is 0 Å². The van der Waals surface area contributed by atoms with Crippen LogP contribution in [0.1, 0.15) is 11.1 Å². The number of ether oxygens (including phenoxy) is 4. The summed E-state index contributed by atoms with van der Waals surface area (Å²) in [5, 5.41) is 11.5. The zero-order valence-corrected chi connectivity index (χ0v) is 15.8. The van der Waals surface area contributed by atoms with Gasteiger partial charge in [-0.3, -0.25) is 10.1 Å². The lowest BCUT2D eigenvalue weighted by atomic mass is 10.0. The molecule has 1 heterocycles. The number of rotatable bonds is 8. The molecule has 0 saturated carbocycles. The van der Waals surface area contributed by atoms with E-state index in [0.717, 1.165) is 17.4 Å². The topological polar surface area (TPSA) is 97.1 Å². The molecule has 0 fully saturated rings. The lowest BCUT2D eigenvalue weighted by molar-refractivity contribution is -0.446. The first kappa shape index (κ1) is 20.5. The molecule has 3 rings (SSSR count). The van der Waals surface area contributed by atoms with Gasteiger partial charge in [-0.15, -0.1) is 0 Å². The van der Waals surface area contributed by atoms with Crippen molar-refractivity contribution in [3.05, 3.63) is 93.9 Å². The van der Waals surface area contributed by atoms with Crippen LogP contribution in [0.25, 0.3) is 0 Å². The summed E-state index contributed by atoms with van der Waals surface area (Å²) in [6.07, 6.45) is -2.43. The zero-order chi connectivity index (χ0) is 20.6. The van der Waals surface area contributed by atoms with Gasteiger partial charge in [0.15, 0.2) is 12.4 Å². The van der Waals surface area contributed by atoms with Gasteiger partial charge >= 0.3 is 11.7 Å². The molecule has 1 aliphatic heterocycles. The first-order valence-corrected chi connectivity index (χ1v) is 8.99. The van der Waals surface area contributed by atoms with Gasteiger partial charge in [-0.2, -0.15) is 0 Å². The standard InChI is InChI=1S/C21H21NO7/c1-26-21(23)20-19(28-13-16-10-6-3-7-11-16)18(17(14-29-20)22(24)25)27-12-15-8-4-2-5-9-15/h2-11,14,18-20H,12-13H2,1H3/t18-,19+,20+/m1/s1.